The molecule has 3 heteroatoms. The van der Waals surface area contributed by atoms with Crippen LogP contribution in [-0.2, 0) is 4.74 Å². The normalized spacial score (nSPS) is 29.4. The number of nitrogens with two attached hydrogens (primary N) is 1. The van der Waals surface area contributed by atoms with Crippen LogP contribution in [0.15, 0.2) is 0 Å². The van der Waals surface area contributed by atoms with Gasteiger partial charge in [-0.3, -0.25) is 0 Å². The van der Waals surface area contributed by atoms with E-state index < -0.39 is 0 Å². The van der Waals surface area contributed by atoms with Crippen molar-refractivity contribution in [1.29, 1.82) is 0 Å². The van der Waals surface area contributed by atoms with E-state index in [1.807, 2.05) is 0 Å². The summed E-state index contributed by atoms with van der Waals surface area (Å²) in [6, 6.07) is 1.04. The average Bonchev–Trinajstić information content (AvgIpc) is 2.16. The van der Waals surface area contributed by atoms with Crippen LogP contribution < -0.4 is 5.73 Å². The van der Waals surface area contributed by atoms with E-state index >= 15 is 0 Å². The standard InChI is InChI=1S/C12H26N2O/c1-10-9-11(13)5-7-14(10)8-6-12(2,3)15-4/h10-11H,5-9,13H2,1-4H3. The lowest BCUT2D eigenvalue weighted by atomic mass is 9.97. The lowest BCUT2D eigenvalue weighted by Crippen LogP contribution is -2.47. The minimum atomic E-state index is -0.000711. The fourth-order valence-electron chi connectivity index (χ4n) is 2.10. The predicted octanol–water partition coefficient (Wildman–Crippen LogP) is 1.61. The molecule has 1 fully saturated rings. The van der Waals surface area contributed by atoms with E-state index in [9.17, 15) is 0 Å². The van der Waals surface area contributed by atoms with E-state index in [1.165, 1.54) is 0 Å². The van der Waals surface area contributed by atoms with Gasteiger partial charge in [-0.05, 0) is 46.6 Å². The molecule has 0 aromatic rings. The molecule has 0 spiro atoms. The second-order valence-corrected chi connectivity index (χ2v) is 5.38. The first kappa shape index (κ1) is 12.9. The smallest absolute Gasteiger partial charge is 0.0634 e. The van der Waals surface area contributed by atoms with E-state index in [0.717, 1.165) is 32.4 Å². The zero-order valence-electron chi connectivity index (χ0n) is 10.6. The maximum absolute atomic E-state index is 5.94. The highest BCUT2D eigenvalue weighted by Gasteiger charge is 2.25. The molecule has 0 aromatic carbocycles. The second-order valence-electron chi connectivity index (χ2n) is 5.38. The molecular formula is C12H26N2O. The van der Waals surface area contributed by atoms with Crippen molar-refractivity contribution >= 4 is 0 Å². The van der Waals surface area contributed by atoms with Crippen LogP contribution in [0, 0.1) is 0 Å². The first-order valence-electron chi connectivity index (χ1n) is 5.99. The third-order valence-corrected chi connectivity index (χ3v) is 3.61. The van der Waals surface area contributed by atoms with Crippen LogP contribution >= 0.6 is 0 Å². The second kappa shape index (κ2) is 5.28. The highest BCUT2D eigenvalue weighted by Crippen LogP contribution is 2.19. The highest BCUT2D eigenvalue weighted by molar-refractivity contribution is 4.82. The van der Waals surface area contributed by atoms with Crippen LogP contribution in [0.5, 0.6) is 0 Å². The van der Waals surface area contributed by atoms with E-state index in [1.54, 1.807) is 7.11 Å². The molecule has 2 unspecified atom stereocenters. The van der Waals surface area contributed by atoms with Gasteiger partial charge in [0.1, 0.15) is 0 Å². The summed E-state index contributed by atoms with van der Waals surface area (Å²) in [5.41, 5.74) is 5.94. The highest BCUT2D eigenvalue weighted by atomic mass is 16.5. The average molecular weight is 214 g/mol. The molecule has 2 atom stereocenters. The first-order chi connectivity index (χ1) is 6.94. The zero-order valence-corrected chi connectivity index (χ0v) is 10.6. The first-order valence-corrected chi connectivity index (χ1v) is 5.99. The lowest BCUT2D eigenvalue weighted by molar-refractivity contribution is 0.00131. The van der Waals surface area contributed by atoms with Gasteiger partial charge in [0.15, 0.2) is 0 Å². The summed E-state index contributed by atoms with van der Waals surface area (Å²) < 4.78 is 5.43. The Balaban J connectivity index is 2.33. The van der Waals surface area contributed by atoms with Crippen LogP contribution in [0.2, 0.25) is 0 Å². The minimum absolute atomic E-state index is 0.000711. The maximum Gasteiger partial charge on any atom is 0.0634 e. The number of nitrogens with zero attached hydrogens (tertiary/aromatic N) is 1. The molecule has 90 valence electrons. The fourth-order valence-corrected chi connectivity index (χ4v) is 2.10. The van der Waals surface area contributed by atoms with Crippen molar-refractivity contribution in [2.45, 2.75) is 57.7 Å². The summed E-state index contributed by atoms with van der Waals surface area (Å²) >= 11 is 0. The Kier molecular flexibility index (Phi) is 4.56. The summed E-state index contributed by atoms with van der Waals surface area (Å²) in [5.74, 6) is 0. The van der Waals surface area contributed by atoms with E-state index in [-0.39, 0.29) is 5.60 Å². The van der Waals surface area contributed by atoms with Gasteiger partial charge in [0.05, 0.1) is 5.60 Å². The molecule has 2 N–H and O–H groups in total. The lowest BCUT2D eigenvalue weighted by Gasteiger charge is -2.38. The fraction of sp³-hybridized carbons (Fsp3) is 1.00. The molecule has 0 aliphatic carbocycles. The molecule has 0 saturated carbocycles. The summed E-state index contributed by atoms with van der Waals surface area (Å²) in [6.45, 7) is 8.83. The maximum atomic E-state index is 5.94. The van der Waals surface area contributed by atoms with Crippen LogP contribution in [0.3, 0.4) is 0 Å². The summed E-state index contributed by atoms with van der Waals surface area (Å²) in [4.78, 5) is 2.53. The Labute approximate surface area is 94.0 Å². The molecular weight excluding hydrogens is 188 g/mol. The third-order valence-electron chi connectivity index (χ3n) is 3.61. The van der Waals surface area contributed by atoms with Crippen LogP contribution in [0.4, 0.5) is 0 Å². The summed E-state index contributed by atoms with van der Waals surface area (Å²) in [6.07, 6.45) is 3.36. The van der Waals surface area contributed by atoms with Crippen molar-refractivity contribution in [3.05, 3.63) is 0 Å². The van der Waals surface area contributed by atoms with Crippen LogP contribution in [-0.4, -0.2) is 42.8 Å². The van der Waals surface area contributed by atoms with Crippen molar-refractivity contribution in [2.24, 2.45) is 5.73 Å². The zero-order chi connectivity index (χ0) is 11.5. The van der Waals surface area contributed by atoms with Crippen molar-refractivity contribution in [3.63, 3.8) is 0 Å². The quantitative estimate of drug-likeness (QED) is 0.773. The Morgan fingerprint density at radius 1 is 1.47 bits per heavy atom. The van der Waals surface area contributed by atoms with Crippen molar-refractivity contribution < 1.29 is 4.74 Å². The number of hydrogen-bond acceptors (Lipinski definition) is 3. The molecule has 0 bridgehead atoms. The molecule has 1 aliphatic heterocycles. The Hall–Kier alpha value is -0.120. The Bertz CT molecular complexity index is 194. The van der Waals surface area contributed by atoms with Gasteiger partial charge in [-0.1, -0.05) is 0 Å². The number of rotatable bonds is 4. The van der Waals surface area contributed by atoms with Crippen LogP contribution in [0.1, 0.15) is 40.0 Å². The molecule has 1 aliphatic rings. The number of ether oxygens (including phenoxy) is 1. The monoisotopic (exact) mass is 214 g/mol. The number of likely N-dealkylation sites (tertiary alicyclic amines) is 1. The molecule has 0 aromatic heterocycles. The third kappa shape index (κ3) is 4.09. The van der Waals surface area contributed by atoms with Crippen molar-refractivity contribution in [2.75, 3.05) is 20.2 Å². The molecule has 1 saturated heterocycles. The van der Waals surface area contributed by atoms with E-state index in [0.29, 0.717) is 12.1 Å². The largest absolute Gasteiger partial charge is 0.379 e. The number of hydrogen-bond donors (Lipinski definition) is 1. The molecule has 1 rings (SSSR count). The van der Waals surface area contributed by atoms with Gasteiger partial charge in [0.25, 0.3) is 0 Å². The molecule has 1 heterocycles. The summed E-state index contributed by atoms with van der Waals surface area (Å²) in [5, 5.41) is 0. The topological polar surface area (TPSA) is 38.5 Å². The summed E-state index contributed by atoms with van der Waals surface area (Å²) in [7, 11) is 1.79. The predicted molar refractivity (Wildman–Crippen MR) is 63.9 cm³/mol. The number of methoxy groups -OCH3 is 1. The van der Waals surface area contributed by atoms with Gasteiger partial charge < -0.3 is 15.4 Å². The molecule has 3 nitrogen and oxygen atoms in total. The minimum Gasteiger partial charge on any atom is -0.379 e. The van der Waals surface area contributed by atoms with Gasteiger partial charge in [-0.2, -0.15) is 0 Å². The molecule has 0 amide bonds. The number of piperidine rings is 1. The van der Waals surface area contributed by atoms with E-state index in [2.05, 4.69) is 25.7 Å². The van der Waals surface area contributed by atoms with E-state index in [4.69, 9.17) is 10.5 Å². The SMILES string of the molecule is COC(C)(C)CCN1CCC(N)CC1C. The molecule has 15 heavy (non-hydrogen) atoms. The van der Waals surface area contributed by atoms with Crippen molar-refractivity contribution in [1.82, 2.24) is 4.90 Å². The molecule has 0 radical (unpaired) electrons. The van der Waals surface area contributed by atoms with Gasteiger partial charge in [0.2, 0.25) is 0 Å². The Morgan fingerprint density at radius 2 is 2.13 bits per heavy atom. The van der Waals surface area contributed by atoms with Gasteiger partial charge >= 0.3 is 0 Å². The van der Waals surface area contributed by atoms with Crippen LogP contribution in [0.25, 0.3) is 0 Å². The van der Waals surface area contributed by atoms with Gasteiger partial charge in [-0.15, -0.1) is 0 Å². The van der Waals surface area contributed by atoms with Gasteiger partial charge in [0, 0.05) is 25.7 Å². The Morgan fingerprint density at radius 3 is 2.67 bits per heavy atom. The van der Waals surface area contributed by atoms with Crippen molar-refractivity contribution in [3.8, 4) is 0 Å². The van der Waals surface area contributed by atoms with Gasteiger partial charge in [-0.25, -0.2) is 0 Å².